The highest BCUT2D eigenvalue weighted by Gasteiger charge is 2.13. The van der Waals surface area contributed by atoms with Crippen molar-refractivity contribution in [2.75, 3.05) is 0 Å². The predicted octanol–water partition coefficient (Wildman–Crippen LogP) is 7.09. The summed E-state index contributed by atoms with van der Waals surface area (Å²) in [6.07, 6.45) is 10.1. The van der Waals surface area contributed by atoms with Crippen LogP contribution in [0.15, 0.2) is 89.4 Å². The molecule has 0 amide bonds. The molecule has 0 saturated heterocycles. The first-order chi connectivity index (χ1) is 15.6. The zero-order chi connectivity index (χ0) is 22.7. The second kappa shape index (κ2) is 9.15. The van der Waals surface area contributed by atoms with Crippen molar-refractivity contribution in [1.82, 2.24) is 4.57 Å². The standard InChI is InChI=1S/C26H21NO.C4H8/c1-4-5-9-19-17(2)28-25-16-18(14-15-22(19)25)20-11-8-12-23-21-10-6-7-13-24(21)27(3)26(20)23;1-3-4-2/h4-16H,2H2,1,3H3;3-4H,1-2H3/b5-4-,19-9+;4-3-. The second-order valence-corrected chi connectivity index (χ2v) is 7.79. The maximum Gasteiger partial charge on any atom is 0.136 e. The fraction of sp³-hybridized carbons (Fsp3) is 0.133. The minimum atomic E-state index is 0.702. The monoisotopic (exact) mass is 419 g/mol. The Labute approximate surface area is 189 Å². The van der Waals surface area contributed by atoms with E-state index in [1.165, 1.54) is 27.4 Å². The van der Waals surface area contributed by atoms with E-state index in [9.17, 15) is 0 Å². The third-order valence-corrected chi connectivity index (χ3v) is 5.83. The normalized spacial score (nSPS) is 12.4. The van der Waals surface area contributed by atoms with Gasteiger partial charge in [-0.05, 0) is 44.5 Å². The number of nitrogens with zero attached hydrogens (tertiary/aromatic N) is 1. The Morgan fingerprint density at radius 2 is 1.56 bits per heavy atom. The molecule has 0 radical (unpaired) electrons. The van der Waals surface area contributed by atoms with Gasteiger partial charge in [-0.2, -0.15) is 0 Å². The average Bonchev–Trinajstić information content (AvgIpc) is 3.31. The number of fused-ring (bicyclic) bond motifs is 4. The smallest absolute Gasteiger partial charge is 0.136 e. The molecule has 5 aromatic rings. The van der Waals surface area contributed by atoms with Crippen LogP contribution in [-0.4, -0.2) is 4.57 Å². The molecule has 0 aliphatic heterocycles. The van der Waals surface area contributed by atoms with Gasteiger partial charge in [-0.25, -0.2) is 0 Å². The topological polar surface area (TPSA) is 18.1 Å². The van der Waals surface area contributed by atoms with Crippen LogP contribution in [0.25, 0.3) is 56.6 Å². The van der Waals surface area contributed by atoms with Crippen LogP contribution >= 0.6 is 0 Å². The maximum atomic E-state index is 5.98. The number of hydrogen-bond acceptors (Lipinski definition) is 1. The summed E-state index contributed by atoms with van der Waals surface area (Å²) in [5, 5.41) is 4.69. The van der Waals surface area contributed by atoms with Gasteiger partial charge in [0.25, 0.3) is 0 Å². The Balaban J connectivity index is 0.000000567. The highest BCUT2D eigenvalue weighted by molar-refractivity contribution is 6.12. The Bertz CT molecular complexity index is 1570. The third-order valence-electron chi connectivity index (χ3n) is 5.83. The van der Waals surface area contributed by atoms with Crippen molar-refractivity contribution in [2.24, 2.45) is 7.05 Å². The van der Waals surface area contributed by atoms with E-state index in [1.807, 2.05) is 45.1 Å². The molecule has 0 saturated carbocycles. The second-order valence-electron chi connectivity index (χ2n) is 7.79. The van der Waals surface area contributed by atoms with Crippen molar-refractivity contribution < 1.29 is 4.42 Å². The molecule has 2 heteroatoms. The predicted molar refractivity (Wildman–Crippen MR) is 140 cm³/mol. The molecule has 0 aliphatic carbocycles. The van der Waals surface area contributed by atoms with Crippen LogP contribution in [0.1, 0.15) is 20.8 Å². The molecule has 2 nitrogen and oxygen atoms in total. The Hall–Kier alpha value is -3.78. The summed E-state index contributed by atoms with van der Waals surface area (Å²) in [5.41, 5.74) is 6.41. The van der Waals surface area contributed by atoms with Gasteiger partial charge in [0, 0.05) is 39.5 Å². The van der Waals surface area contributed by atoms with E-state index in [1.54, 1.807) is 0 Å². The quantitative estimate of drug-likeness (QED) is 0.279. The van der Waals surface area contributed by atoms with Crippen LogP contribution in [0.2, 0.25) is 0 Å². The molecule has 5 rings (SSSR count). The first kappa shape index (κ1) is 21.5. The summed E-state index contributed by atoms with van der Waals surface area (Å²) < 4.78 is 8.26. The van der Waals surface area contributed by atoms with E-state index in [-0.39, 0.29) is 0 Å². The van der Waals surface area contributed by atoms with Gasteiger partial charge < -0.3 is 8.98 Å². The van der Waals surface area contributed by atoms with Gasteiger partial charge in [0.2, 0.25) is 0 Å². The van der Waals surface area contributed by atoms with Gasteiger partial charge in [-0.15, -0.1) is 0 Å². The molecule has 2 aromatic heterocycles. The van der Waals surface area contributed by atoms with Crippen LogP contribution in [0.4, 0.5) is 0 Å². The molecule has 3 aromatic carbocycles. The first-order valence-corrected chi connectivity index (χ1v) is 11.0. The highest BCUT2D eigenvalue weighted by atomic mass is 16.3. The van der Waals surface area contributed by atoms with Gasteiger partial charge in [-0.3, -0.25) is 0 Å². The average molecular weight is 420 g/mol. The van der Waals surface area contributed by atoms with E-state index in [4.69, 9.17) is 4.42 Å². The molecule has 0 bridgehead atoms. The van der Waals surface area contributed by atoms with Gasteiger partial charge in [0.1, 0.15) is 11.0 Å². The number of benzene rings is 3. The third kappa shape index (κ3) is 3.69. The molecule has 0 atom stereocenters. The van der Waals surface area contributed by atoms with Crippen molar-refractivity contribution >= 4 is 45.4 Å². The van der Waals surface area contributed by atoms with Crippen LogP contribution in [-0.2, 0) is 7.05 Å². The Morgan fingerprint density at radius 3 is 2.31 bits per heavy atom. The summed E-state index contributed by atoms with van der Waals surface area (Å²) in [7, 11) is 2.14. The van der Waals surface area contributed by atoms with E-state index in [0.29, 0.717) is 5.42 Å². The number of aryl methyl sites for hydroxylation is 1. The van der Waals surface area contributed by atoms with Gasteiger partial charge in [0.15, 0.2) is 0 Å². The molecular weight excluding hydrogens is 390 g/mol. The molecular formula is C30H29NO. The number of hydrogen-bond donors (Lipinski definition) is 0. The van der Waals surface area contributed by atoms with Crippen molar-refractivity contribution in [3.05, 3.63) is 95.6 Å². The zero-order valence-corrected chi connectivity index (χ0v) is 19.2. The minimum absolute atomic E-state index is 0.702. The van der Waals surface area contributed by atoms with E-state index in [2.05, 4.69) is 84.9 Å². The summed E-state index contributed by atoms with van der Waals surface area (Å²) in [4.78, 5) is 0. The molecule has 0 unspecified atom stereocenters. The lowest BCUT2D eigenvalue weighted by Crippen LogP contribution is -2.17. The van der Waals surface area contributed by atoms with Crippen LogP contribution in [0.3, 0.4) is 0 Å². The van der Waals surface area contributed by atoms with Crippen LogP contribution in [0.5, 0.6) is 0 Å². The maximum absolute atomic E-state index is 5.98. The lowest BCUT2D eigenvalue weighted by molar-refractivity contribution is 0.577. The SMILES string of the molecule is C/C=C\C.C=c1oc2cc(-c3cccc4c5ccccc5n(C)c34)ccc2/c1=C/C=C\C. The Kier molecular flexibility index (Phi) is 6.13. The summed E-state index contributed by atoms with van der Waals surface area (Å²) in [6, 6.07) is 21.5. The molecule has 32 heavy (non-hydrogen) atoms. The van der Waals surface area contributed by atoms with Gasteiger partial charge in [0.05, 0.1) is 5.52 Å². The highest BCUT2D eigenvalue weighted by Crippen LogP contribution is 2.35. The van der Waals surface area contributed by atoms with Gasteiger partial charge in [-0.1, -0.05) is 79.4 Å². The summed E-state index contributed by atoms with van der Waals surface area (Å²) in [6.45, 7) is 10.1. The molecule has 2 heterocycles. The van der Waals surface area contributed by atoms with E-state index in [0.717, 1.165) is 21.8 Å². The fourth-order valence-corrected chi connectivity index (χ4v) is 4.18. The zero-order valence-electron chi connectivity index (χ0n) is 19.2. The van der Waals surface area contributed by atoms with Gasteiger partial charge >= 0.3 is 0 Å². The van der Waals surface area contributed by atoms with Crippen molar-refractivity contribution in [3.8, 4) is 11.1 Å². The molecule has 160 valence electrons. The number of aromatic nitrogens is 1. The molecule has 0 aliphatic rings. The van der Waals surface area contributed by atoms with E-state index < -0.39 is 0 Å². The lowest BCUT2D eigenvalue weighted by atomic mass is 10.0. The number of allylic oxidation sites excluding steroid dienone is 4. The van der Waals surface area contributed by atoms with E-state index >= 15 is 0 Å². The largest absolute Gasteiger partial charge is 0.457 e. The molecule has 0 spiro atoms. The fourth-order valence-electron chi connectivity index (χ4n) is 4.18. The number of furan rings is 1. The van der Waals surface area contributed by atoms with Crippen LogP contribution in [0, 0.1) is 0 Å². The summed E-state index contributed by atoms with van der Waals surface area (Å²) >= 11 is 0. The Morgan fingerprint density at radius 1 is 0.812 bits per heavy atom. The molecule has 0 N–H and O–H groups in total. The molecule has 0 fully saturated rings. The lowest BCUT2D eigenvalue weighted by Gasteiger charge is -2.07. The minimum Gasteiger partial charge on any atom is -0.457 e. The number of rotatable bonds is 2. The first-order valence-electron chi connectivity index (χ1n) is 11.0. The van der Waals surface area contributed by atoms with Crippen molar-refractivity contribution in [3.63, 3.8) is 0 Å². The van der Waals surface area contributed by atoms with Crippen LogP contribution < -0.4 is 10.6 Å². The van der Waals surface area contributed by atoms with Crippen molar-refractivity contribution in [2.45, 2.75) is 20.8 Å². The summed E-state index contributed by atoms with van der Waals surface area (Å²) in [5.74, 6) is 0. The van der Waals surface area contributed by atoms with Crippen molar-refractivity contribution in [1.29, 1.82) is 0 Å². The number of para-hydroxylation sites is 2.